The number of carbonyl (C=O) groups is 1. The maximum Gasteiger partial charge on any atom is 0.338 e. The Kier molecular flexibility index (Phi) is 5.11. The highest BCUT2D eigenvalue weighted by atomic mass is 79.9. The average Bonchev–Trinajstić information content (AvgIpc) is 2.30. The highest BCUT2D eigenvalue weighted by Gasteiger charge is 2.30. The molecule has 1 unspecified atom stereocenters. The summed E-state index contributed by atoms with van der Waals surface area (Å²) in [6, 6.07) is 7.76. The van der Waals surface area contributed by atoms with Crippen molar-refractivity contribution in [3.8, 4) is 0 Å². The monoisotopic (exact) mass is 301 g/mol. The average molecular weight is 302 g/mol. The van der Waals surface area contributed by atoms with Gasteiger partial charge in [0.05, 0.1) is 7.11 Å². The van der Waals surface area contributed by atoms with Gasteiger partial charge in [0.2, 0.25) is 0 Å². The molecule has 4 nitrogen and oxygen atoms in total. The van der Waals surface area contributed by atoms with Crippen LogP contribution < -0.4 is 5.32 Å². The third-order valence-electron chi connectivity index (χ3n) is 2.37. The molecule has 1 aromatic rings. The number of halogens is 1. The van der Waals surface area contributed by atoms with Crippen molar-refractivity contribution in [1.82, 2.24) is 5.32 Å². The number of ether oxygens (including phenoxy) is 1. The van der Waals surface area contributed by atoms with Crippen molar-refractivity contribution in [2.45, 2.75) is 19.1 Å². The van der Waals surface area contributed by atoms with Crippen molar-refractivity contribution in [3.05, 3.63) is 34.3 Å². The number of hydrogen-bond acceptors (Lipinski definition) is 4. The van der Waals surface area contributed by atoms with E-state index in [4.69, 9.17) is 0 Å². The Labute approximate surface area is 109 Å². The summed E-state index contributed by atoms with van der Waals surface area (Å²) in [5.74, 6) is -0.642. The van der Waals surface area contributed by atoms with E-state index in [1.807, 2.05) is 24.3 Å². The van der Waals surface area contributed by atoms with E-state index < -0.39 is 11.6 Å². The molecule has 1 rings (SSSR count). The summed E-state index contributed by atoms with van der Waals surface area (Å²) in [6.45, 7) is 2.13. The molecule has 1 aromatic carbocycles. The predicted molar refractivity (Wildman–Crippen MR) is 68.5 cm³/mol. The van der Waals surface area contributed by atoms with E-state index in [9.17, 15) is 9.90 Å². The van der Waals surface area contributed by atoms with Crippen LogP contribution in [-0.2, 0) is 16.1 Å². The molecule has 0 saturated carbocycles. The van der Waals surface area contributed by atoms with E-state index in [-0.39, 0.29) is 6.54 Å². The van der Waals surface area contributed by atoms with Crippen LogP contribution in [0, 0.1) is 0 Å². The van der Waals surface area contributed by atoms with E-state index in [1.54, 1.807) is 0 Å². The van der Waals surface area contributed by atoms with Gasteiger partial charge in [0, 0.05) is 17.6 Å². The van der Waals surface area contributed by atoms with Crippen LogP contribution in [-0.4, -0.2) is 30.3 Å². The lowest BCUT2D eigenvalue weighted by atomic mass is 10.1. The summed E-state index contributed by atoms with van der Waals surface area (Å²) in [4.78, 5) is 11.2. The van der Waals surface area contributed by atoms with Crippen LogP contribution in [0.3, 0.4) is 0 Å². The minimum atomic E-state index is -1.50. The smallest absolute Gasteiger partial charge is 0.338 e. The highest BCUT2D eigenvalue weighted by Crippen LogP contribution is 2.15. The maximum atomic E-state index is 11.2. The third-order valence-corrected chi connectivity index (χ3v) is 3.14. The lowest BCUT2D eigenvalue weighted by Gasteiger charge is -2.20. The number of nitrogens with one attached hydrogen (secondary N) is 1. The zero-order valence-electron chi connectivity index (χ0n) is 9.87. The predicted octanol–water partition coefficient (Wildman–Crippen LogP) is 1.46. The number of hydrogen-bond donors (Lipinski definition) is 2. The quantitative estimate of drug-likeness (QED) is 0.809. The fourth-order valence-corrected chi connectivity index (χ4v) is 1.80. The van der Waals surface area contributed by atoms with E-state index in [1.165, 1.54) is 14.0 Å². The second-order valence-electron chi connectivity index (χ2n) is 3.96. The van der Waals surface area contributed by atoms with Crippen LogP contribution in [0.4, 0.5) is 0 Å². The van der Waals surface area contributed by atoms with Crippen LogP contribution in [0.1, 0.15) is 12.5 Å². The number of methoxy groups -OCH3 is 1. The SMILES string of the molecule is COC(=O)C(C)(O)CNCc1ccccc1Br. The summed E-state index contributed by atoms with van der Waals surface area (Å²) in [5, 5.41) is 12.8. The summed E-state index contributed by atoms with van der Waals surface area (Å²) in [7, 11) is 1.25. The first-order valence-electron chi connectivity index (χ1n) is 5.22. The summed E-state index contributed by atoms with van der Waals surface area (Å²) >= 11 is 3.43. The molecule has 0 amide bonds. The lowest BCUT2D eigenvalue weighted by Crippen LogP contribution is -2.45. The molecule has 0 radical (unpaired) electrons. The minimum absolute atomic E-state index is 0.140. The summed E-state index contributed by atoms with van der Waals surface area (Å²) < 4.78 is 5.49. The Balaban J connectivity index is 2.48. The van der Waals surface area contributed by atoms with Gasteiger partial charge in [0.15, 0.2) is 5.60 Å². The molecule has 0 aliphatic carbocycles. The zero-order chi connectivity index (χ0) is 12.9. The molecule has 5 heteroatoms. The van der Waals surface area contributed by atoms with E-state index in [2.05, 4.69) is 26.0 Å². The Hall–Kier alpha value is -0.910. The topological polar surface area (TPSA) is 58.6 Å². The van der Waals surface area contributed by atoms with Gasteiger partial charge in [-0.25, -0.2) is 4.79 Å². The van der Waals surface area contributed by atoms with Gasteiger partial charge in [-0.1, -0.05) is 34.1 Å². The van der Waals surface area contributed by atoms with Gasteiger partial charge >= 0.3 is 5.97 Å². The lowest BCUT2D eigenvalue weighted by molar-refractivity contribution is -0.159. The van der Waals surface area contributed by atoms with Crippen molar-refractivity contribution in [3.63, 3.8) is 0 Å². The molecule has 0 aliphatic rings. The molecule has 0 fully saturated rings. The Morgan fingerprint density at radius 3 is 2.76 bits per heavy atom. The molecule has 0 aliphatic heterocycles. The van der Waals surface area contributed by atoms with Gasteiger partial charge in [-0.2, -0.15) is 0 Å². The van der Waals surface area contributed by atoms with Crippen molar-refractivity contribution in [2.24, 2.45) is 0 Å². The first-order chi connectivity index (χ1) is 7.97. The molecule has 0 saturated heterocycles. The fraction of sp³-hybridized carbons (Fsp3) is 0.417. The molecule has 0 aromatic heterocycles. The zero-order valence-corrected chi connectivity index (χ0v) is 11.5. The van der Waals surface area contributed by atoms with Gasteiger partial charge in [0.1, 0.15) is 0 Å². The maximum absolute atomic E-state index is 11.2. The normalized spacial score (nSPS) is 14.1. The largest absolute Gasteiger partial charge is 0.467 e. The van der Waals surface area contributed by atoms with Crippen molar-refractivity contribution >= 4 is 21.9 Å². The number of aliphatic hydroxyl groups is 1. The van der Waals surface area contributed by atoms with E-state index in [0.29, 0.717) is 6.54 Å². The van der Waals surface area contributed by atoms with Crippen LogP contribution >= 0.6 is 15.9 Å². The summed E-state index contributed by atoms with van der Waals surface area (Å²) in [5.41, 5.74) is -0.441. The number of carbonyl (C=O) groups excluding carboxylic acids is 1. The van der Waals surface area contributed by atoms with Crippen LogP contribution in [0.2, 0.25) is 0 Å². The number of esters is 1. The minimum Gasteiger partial charge on any atom is -0.467 e. The molecule has 94 valence electrons. The van der Waals surface area contributed by atoms with Gasteiger partial charge in [-0.15, -0.1) is 0 Å². The molecule has 0 heterocycles. The fourth-order valence-electron chi connectivity index (χ4n) is 1.37. The van der Waals surface area contributed by atoms with Crippen LogP contribution in [0.25, 0.3) is 0 Å². The van der Waals surface area contributed by atoms with E-state index in [0.717, 1.165) is 10.0 Å². The molecule has 0 spiro atoms. The molecular weight excluding hydrogens is 286 g/mol. The Morgan fingerprint density at radius 1 is 1.53 bits per heavy atom. The van der Waals surface area contributed by atoms with Crippen molar-refractivity contribution in [1.29, 1.82) is 0 Å². The first kappa shape index (κ1) is 14.2. The van der Waals surface area contributed by atoms with E-state index >= 15 is 0 Å². The van der Waals surface area contributed by atoms with Crippen LogP contribution in [0.15, 0.2) is 28.7 Å². The number of rotatable bonds is 5. The molecule has 0 bridgehead atoms. The van der Waals surface area contributed by atoms with Gasteiger partial charge in [-0.05, 0) is 18.6 Å². The summed E-state index contributed by atoms with van der Waals surface area (Å²) in [6.07, 6.45) is 0. The van der Waals surface area contributed by atoms with Gasteiger partial charge in [0.25, 0.3) is 0 Å². The third kappa shape index (κ3) is 4.11. The standard InChI is InChI=1S/C12H16BrNO3/c1-12(16,11(15)17-2)8-14-7-9-5-3-4-6-10(9)13/h3-6,14,16H,7-8H2,1-2H3. The molecule has 2 N–H and O–H groups in total. The molecule has 17 heavy (non-hydrogen) atoms. The van der Waals surface area contributed by atoms with Crippen molar-refractivity contribution < 1.29 is 14.6 Å². The second kappa shape index (κ2) is 6.14. The number of benzene rings is 1. The van der Waals surface area contributed by atoms with Crippen LogP contribution in [0.5, 0.6) is 0 Å². The van der Waals surface area contributed by atoms with Crippen molar-refractivity contribution in [2.75, 3.05) is 13.7 Å². The van der Waals surface area contributed by atoms with Gasteiger partial charge in [-0.3, -0.25) is 0 Å². The van der Waals surface area contributed by atoms with Gasteiger partial charge < -0.3 is 15.2 Å². The first-order valence-corrected chi connectivity index (χ1v) is 6.01. The molecule has 1 atom stereocenters. The highest BCUT2D eigenvalue weighted by molar-refractivity contribution is 9.10. The molecular formula is C12H16BrNO3. The Bertz CT molecular complexity index is 393. The Morgan fingerprint density at radius 2 is 2.18 bits per heavy atom. The second-order valence-corrected chi connectivity index (χ2v) is 4.81.